The van der Waals surface area contributed by atoms with E-state index >= 15 is 0 Å². The van der Waals surface area contributed by atoms with Crippen molar-refractivity contribution in [3.8, 4) is 0 Å². The molecule has 20 heavy (non-hydrogen) atoms. The van der Waals surface area contributed by atoms with E-state index in [9.17, 15) is 4.79 Å². The molecule has 0 aromatic carbocycles. The lowest BCUT2D eigenvalue weighted by Gasteiger charge is -2.00. The van der Waals surface area contributed by atoms with Crippen LogP contribution in [0.5, 0.6) is 0 Å². The second-order valence-electron chi connectivity index (χ2n) is 4.14. The second kappa shape index (κ2) is 23.4. The van der Waals surface area contributed by atoms with Crippen molar-refractivity contribution >= 4 is 5.97 Å². The predicted octanol–water partition coefficient (Wildman–Crippen LogP) is 2.53. The molecule has 1 unspecified atom stereocenters. The summed E-state index contributed by atoms with van der Waals surface area (Å²) >= 11 is 0. The smallest absolute Gasteiger partial charge is 0.305 e. The minimum atomic E-state index is -0.560. The Morgan fingerprint density at radius 3 is 1.85 bits per heavy atom. The van der Waals surface area contributed by atoms with Crippen molar-refractivity contribution < 1.29 is 24.5 Å². The first-order chi connectivity index (χ1) is 9.49. The first-order valence-corrected chi connectivity index (χ1v) is 7.52. The van der Waals surface area contributed by atoms with Crippen LogP contribution in [0.25, 0.3) is 0 Å². The molecule has 5 nitrogen and oxygen atoms in total. The average Bonchev–Trinajstić information content (AvgIpc) is 2.41. The van der Waals surface area contributed by atoms with Crippen LogP contribution < -0.4 is 0 Å². The number of aliphatic hydroxyl groups is 2. The van der Waals surface area contributed by atoms with Crippen molar-refractivity contribution in [1.82, 2.24) is 0 Å². The Balaban J connectivity index is -0.000000244. The van der Waals surface area contributed by atoms with Crippen molar-refractivity contribution in [3.63, 3.8) is 0 Å². The van der Waals surface area contributed by atoms with E-state index in [0.717, 1.165) is 32.5 Å². The van der Waals surface area contributed by atoms with Gasteiger partial charge in [-0.1, -0.05) is 20.3 Å². The zero-order valence-electron chi connectivity index (χ0n) is 13.9. The molecule has 0 fully saturated rings. The van der Waals surface area contributed by atoms with Crippen molar-refractivity contribution in [2.24, 2.45) is 0 Å². The Morgan fingerprint density at radius 2 is 1.60 bits per heavy atom. The molecule has 0 spiro atoms. The van der Waals surface area contributed by atoms with Crippen LogP contribution in [0.1, 0.15) is 60.3 Å². The van der Waals surface area contributed by atoms with Crippen LogP contribution in [0.4, 0.5) is 0 Å². The molecule has 124 valence electrons. The molecule has 0 aromatic rings. The molecule has 0 saturated carbocycles. The number of carbonyl (C=O) groups is 1. The predicted molar refractivity (Wildman–Crippen MR) is 81.7 cm³/mol. The summed E-state index contributed by atoms with van der Waals surface area (Å²) in [5.41, 5.74) is 0. The number of ether oxygens (including phenoxy) is 2. The van der Waals surface area contributed by atoms with Gasteiger partial charge in [-0.05, 0) is 33.6 Å². The number of unbranched alkanes of at least 4 members (excludes halogenated alkanes) is 1. The van der Waals surface area contributed by atoms with Gasteiger partial charge in [0.1, 0.15) is 0 Å². The van der Waals surface area contributed by atoms with Crippen LogP contribution in [-0.2, 0) is 14.3 Å². The number of hydrogen-bond acceptors (Lipinski definition) is 5. The first-order valence-electron chi connectivity index (χ1n) is 7.52. The van der Waals surface area contributed by atoms with Gasteiger partial charge in [-0.2, -0.15) is 0 Å². The largest absolute Gasteiger partial charge is 0.466 e. The zero-order chi connectivity index (χ0) is 16.2. The minimum absolute atomic E-state index is 0.0593. The third-order valence-electron chi connectivity index (χ3n) is 1.89. The fourth-order valence-electron chi connectivity index (χ4n) is 0.811. The van der Waals surface area contributed by atoms with E-state index in [0.29, 0.717) is 13.0 Å². The monoisotopic (exact) mass is 294 g/mol. The van der Waals surface area contributed by atoms with Gasteiger partial charge >= 0.3 is 5.97 Å². The van der Waals surface area contributed by atoms with Gasteiger partial charge < -0.3 is 19.7 Å². The molecule has 5 heteroatoms. The van der Waals surface area contributed by atoms with E-state index in [-0.39, 0.29) is 12.6 Å². The van der Waals surface area contributed by atoms with Gasteiger partial charge in [0, 0.05) is 19.6 Å². The Hall–Kier alpha value is -0.650. The normalized spacial score (nSPS) is 10.6. The molecule has 2 N–H and O–H groups in total. The van der Waals surface area contributed by atoms with Crippen LogP contribution in [-0.4, -0.2) is 48.7 Å². The van der Waals surface area contributed by atoms with Gasteiger partial charge in [-0.15, -0.1) is 0 Å². The van der Waals surface area contributed by atoms with Crippen LogP contribution in [0.2, 0.25) is 0 Å². The molecule has 0 aliphatic rings. The van der Waals surface area contributed by atoms with Crippen molar-refractivity contribution in [3.05, 3.63) is 0 Å². The average molecular weight is 294 g/mol. The number of hydrogen-bond donors (Lipinski definition) is 2. The molecule has 0 bridgehead atoms. The van der Waals surface area contributed by atoms with E-state index in [1.165, 1.54) is 6.92 Å². The van der Waals surface area contributed by atoms with Gasteiger partial charge in [0.2, 0.25) is 0 Å². The maximum atomic E-state index is 10.7. The molecule has 1 atom stereocenters. The van der Waals surface area contributed by atoms with Crippen LogP contribution >= 0.6 is 0 Å². The lowest BCUT2D eigenvalue weighted by atomic mass is 10.3. The number of rotatable bonds is 8. The van der Waals surface area contributed by atoms with E-state index in [1.54, 1.807) is 0 Å². The summed E-state index contributed by atoms with van der Waals surface area (Å²) in [5, 5.41) is 16.0. The molecular weight excluding hydrogens is 260 g/mol. The van der Waals surface area contributed by atoms with Gasteiger partial charge in [0.05, 0.1) is 19.3 Å². The minimum Gasteiger partial charge on any atom is -0.466 e. The summed E-state index contributed by atoms with van der Waals surface area (Å²) in [6.07, 6.45) is 2.94. The van der Waals surface area contributed by atoms with Crippen LogP contribution in [0, 0.1) is 0 Å². The highest BCUT2D eigenvalue weighted by Gasteiger charge is 1.97. The lowest BCUT2D eigenvalue weighted by molar-refractivity contribution is -0.143. The first kappa shape index (κ1) is 24.4. The van der Waals surface area contributed by atoms with Crippen molar-refractivity contribution in [2.45, 2.75) is 66.4 Å². The van der Waals surface area contributed by atoms with Crippen molar-refractivity contribution in [2.75, 3.05) is 26.4 Å². The Morgan fingerprint density at radius 1 is 1.10 bits per heavy atom. The summed E-state index contributed by atoms with van der Waals surface area (Å²) < 4.78 is 9.72. The molecule has 0 amide bonds. The molecule has 0 saturated heterocycles. The quantitative estimate of drug-likeness (QED) is 0.531. The zero-order valence-corrected chi connectivity index (χ0v) is 13.9. The van der Waals surface area contributed by atoms with Gasteiger partial charge in [0.25, 0.3) is 0 Å². The second-order valence-corrected chi connectivity index (χ2v) is 4.14. The molecule has 0 aliphatic heterocycles. The van der Waals surface area contributed by atoms with Gasteiger partial charge in [-0.3, -0.25) is 4.79 Å². The van der Waals surface area contributed by atoms with Gasteiger partial charge in [0.15, 0.2) is 0 Å². The van der Waals surface area contributed by atoms with E-state index in [4.69, 9.17) is 19.7 Å². The van der Waals surface area contributed by atoms with E-state index in [1.807, 2.05) is 20.8 Å². The third-order valence-corrected chi connectivity index (χ3v) is 1.89. The van der Waals surface area contributed by atoms with Crippen LogP contribution in [0.3, 0.4) is 0 Å². The van der Waals surface area contributed by atoms with Crippen molar-refractivity contribution in [1.29, 1.82) is 0 Å². The molecule has 0 radical (unpaired) electrons. The summed E-state index contributed by atoms with van der Waals surface area (Å²) in [7, 11) is 0. The van der Waals surface area contributed by atoms with E-state index in [2.05, 4.69) is 6.92 Å². The Kier molecular flexibility index (Phi) is 28.6. The number of esters is 1. The maximum Gasteiger partial charge on any atom is 0.305 e. The Bertz CT molecular complexity index is 170. The topological polar surface area (TPSA) is 76.0 Å². The summed E-state index contributed by atoms with van der Waals surface area (Å²) in [4.78, 5) is 10.7. The summed E-state index contributed by atoms with van der Waals surface area (Å²) in [6, 6.07) is 0. The highest BCUT2D eigenvalue weighted by atomic mass is 16.5. The SMILES string of the molecule is CC(O)CO.CCCCOC(=O)CCC.CCOCC. The number of carbonyl (C=O) groups excluding carboxylic acids is 1. The van der Waals surface area contributed by atoms with E-state index < -0.39 is 6.10 Å². The standard InChI is InChI=1S/C8H16O2.C4H10O.C3H8O2/c1-3-5-7-10-8(9)6-4-2;1-3-5-4-2;1-3(5)2-4/h3-7H2,1-2H3;3-4H2,1-2H3;3-5H,2H2,1H3. The summed E-state index contributed by atoms with van der Waals surface area (Å²) in [5.74, 6) is -0.0593. The molecule has 0 aromatic heterocycles. The van der Waals surface area contributed by atoms with Crippen LogP contribution in [0.15, 0.2) is 0 Å². The fraction of sp³-hybridized carbons (Fsp3) is 0.933. The highest BCUT2D eigenvalue weighted by molar-refractivity contribution is 5.69. The molecule has 0 aliphatic carbocycles. The van der Waals surface area contributed by atoms with Gasteiger partial charge in [-0.25, -0.2) is 0 Å². The summed E-state index contributed by atoms with van der Waals surface area (Å²) in [6.45, 7) is 11.7. The Labute approximate surface area is 124 Å². The fourth-order valence-corrected chi connectivity index (χ4v) is 0.811. The lowest BCUT2D eigenvalue weighted by Crippen LogP contribution is -2.04. The highest BCUT2D eigenvalue weighted by Crippen LogP contribution is 1.93. The maximum absolute atomic E-state index is 10.7. The molecule has 0 heterocycles. The molecular formula is C15H34O5. The molecule has 0 rings (SSSR count). The number of aliphatic hydroxyl groups excluding tert-OH is 2. The third kappa shape index (κ3) is 36.0.